The summed E-state index contributed by atoms with van der Waals surface area (Å²) in [5.74, 6) is 0. The molecule has 0 saturated carbocycles. The molecule has 1 aromatic carbocycles. The van der Waals surface area contributed by atoms with Crippen LogP contribution in [0.3, 0.4) is 0 Å². The van der Waals surface area contributed by atoms with Crippen molar-refractivity contribution in [3.05, 3.63) is 54.5 Å². The van der Waals surface area contributed by atoms with Gasteiger partial charge in [0.15, 0.2) is 5.69 Å². The van der Waals surface area contributed by atoms with E-state index in [2.05, 4.69) is 21.3 Å². The van der Waals surface area contributed by atoms with Gasteiger partial charge in [0.2, 0.25) is 0 Å². The van der Waals surface area contributed by atoms with Gasteiger partial charge >= 0.3 is 0 Å². The van der Waals surface area contributed by atoms with Gasteiger partial charge in [-0.1, -0.05) is 18.2 Å². The molecule has 0 aliphatic carbocycles. The second kappa shape index (κ2) is 4.22. The Labute approximate surface area is 104 Å². The van der Waals surface area contributed by atoms with Crippen molar-refractivity contribution in [2.75, 3.05) is 0 Å². The van der Waals surface area contributed by atoms with E-state index < -0.39 is 0 Å². The van der Waals surface area contributed by atoms with Crippen molar-refractivity contribution in [1.29, 1.82) is 5.26 Å². The molecule has 0 atom stereocenters. The smallest absolute Gasteiger partial charge is 0.171 e. The summed E-state index contributed by atoms with van der Waals surface area (Å²) in [6.07, 6.45) is 3.40. The average molecular weight is 232 g/mol. The Morgan fingerprint density at radius 1 is 0.944 bits per heavy atom. The number of pyridine rings is 1. The predicted octanol–water partition coefficient (Wildman–Crippen LogP) is 2.56. The van der Waals surface area contributed by atoms with E-state index in [1.807, 2.05) is 36.4 Å². The molecule has 0 spiro atoms. The summed E-state index contributed by atoms with van der Waals surface area (Å²) in [6, 6.07) is 13.5. The van der Waals surface area contributed by atoms with E-state index in [0.717, 1.165) is 22.0 Å². The second-order valence-electron chi connectivity index (χ2n) is 3.79. The first kappa shape index (κ1) is 10.4. The van der Waals surface area contributed by atoms with Gasteiger partial charge in [0, 0.05) is 23.3 Å². The van der Waals surface area contributed by atoms with Gasteiger partial charge in [-0.15, -0.1) is 10.2 Å². The van der Waals surface area contributed by atoms with Crippen LogP contribution in [0.15, 0.2) is 48.8 Å². The summed E-state index contributed by atoms with van der Waals surface area (Å²) in [5, 5.41) is 18.1. The molecule has 0 aliphatic heterocycles. The van der Waals surface area contributed by atoms with Crippen LogP contribution in [0, 0.1) is 11.3 Å². The molecule has 0 amide bonds. The number of nitriles is 1. The highest BCUT2D eigenvalue weighted by molar-refractivity contribution is 5.95. The number of aromatic nitrogens is 3. The lowest BCUT2D eigenvalue weighted by atomic mass is 10.0. The zero-order valence-electron chi connectivity index (χ0n) is 9.41. The molecule has 4 heteroatoms. The number of hydrogen-bond donors (Lipinski definition) is 0. The van der Waals surface area contributed by atoms with Gasteiger partial charge in [-0.3, -0.25) is 4.98 Å². The van der Waals surface area contributed by atoms with Crippen LogP contribution in [-0.2, 0) is 0 Å². The molecule has 18 heavy (non-hydrogen) atoms. The first-order valence-corrected chi connectivity index (χ1v) is 5.46. The van der Waals surface area contributed by atoms with E-state index in [9.17, 15) is 5.26 Å². The zero-order valence-corrected chi connectivity index (χ0v) is 9.41. The molecule has 4 nitrogen and oxygen atoms in total. The Balaban J connectivity index is 2.42. The van der Waals surface area contributed by atoms with E-state index in [-0.39, 0.29) is 0 Å². The van der Waals surface area contributed by atoms with Crippen LogP contribution in [-0.4, -0.2) is 15.2 Å². The number of fused-ring (bicyclic) bond motifs is 1. The summed E-state index contributed by atoms with van der Waals surface area (Å²) in [7, 11) is 0. The topological polar surface area (TPSA) is 62.5 Å². The lowest BCUT2D eigenvalue weighted by molar-refractivity contribution is 1.05. The van der Waals surface area contributed by atoms with E-state index >= 15 is 0 Å². The minimum Gasteiger partial charge on any atom is -0.265 e. The summed E-state index contributed by atoms with van der Waals surface area (Å²) in [5.41, 5.74) is 2.85. The summed E-state index contributed by atoms with van der Waals surface area (Å²) < 4.78 is 0. The van der Waals surface area contributed by atoms with E-state index in [0.29, 0.717) is 5.69 Å². The first-order valence-electron chi connectivity index (χ1n) is 5.46. The quantitative estimate of drug-likeness (QED) is 0.646. The molecule has 0 N–H and O–H groups in total. The zero-order chi connectivity index (χ0) is 12.4. The fourth-order valence-corrected chi connectivity index (χ4v) is 1.94. The average Bonchev–Trinajstić information content (AvgIpc) is 2.47. The third-order valence-corrected chi connectivity index (χ3v) is 2.74. The first-order chi connectivity index (χ1) is 8.90. The van der Waals surface area contributed by atoms with Crippen molar-refractivity contribution >= 4 is 10.9 Å². The number of hydrogen-bond acceptors (Lipinski definition) is 4. The molecule has 0 bridgehead atoms. The van der Waals surface area contributed by atoms with Gasteiger partial charge in [0.25, 0.3) is 0 Å². The Bertz CT molecular complexity index is 745. The number of benzene rings is 1. The third kappa shape index (κ3) is 1.59. The van der Waals surface area contributed by atoms with Gasteiger partial charge in [-0.05, 0) is 23.8 Å². The van der Waals surface area contributed by atoms with Crippen LogP contribution in [0.25, 0.3) is 22.0 Å². The number of rotatable bonds is 1. The summed E-state index contributed by atoms with van der Waals surface area (Å²) in [6.45, 7) is 0. The van der Waals surface area contributed by atoms with E-state index in [1.54, 1.807) is 12.4 Å². The van der Waals surface area contributed by atoms with E-state index in [4.69, 9.17) is 0 Å². The van der Waals surface area contributed by atoms with Crippen LogP contribution < -0.4 is 0 Å². The maximum Gasteiger partial charge on any atom is 0.171 e. The van der Waals surface area contributed by atoms with Crippen molar-refractivity contribution in [3.63, 3.8) is 0 Å². The van der Waals surface area contributed by atoms with Crippen LogP contribution in [0.1, 0.15) is 5.69 Å². The molecule has 0 fully saturated rings. The highest BCUT2D eigenvalue weighted by atomic mass is 15.1. The van der Waals surface area contributed by atoms with Crippen molar-refractivity contribution in [3.8, 4) is 17.2 Å². The van der Waals surface area contributed by atoms with Crippen LogP contribution in [0.5, 0.6) is 0 Å². The SMILES string of the molecule is N#Cc1nnc2ccccc2c1-c1ccncc1. The van der Waals surface area contributed by atoms with Crippen molar-refractivity contribution < 1.29 is 0 Å². The Morgan fingerprint density at radius 3 is 2.50 bits per heavy atom. The molecule has 3 aromatic rings. The van der Waals surface area contributed by atoms with E-state index in [1.165, 1.54) is 0 Å². The molecule has 0 aliphatic rings. The monoisotopic (exact) mass is 232 g/mol. The molecule has 2 heterocycles. The largest absolute Gasteiger partial charge is 0.265 e. The normalized spacial score (nSPS) is 10.2. The van der Waals surface area contributed by atoms with Gasteiger partial charge in [-0.2, -0.15) is 5.26 Å². The fraction of sp³-hybridized carbons (Fsp3) is 0. The molecular formula is C14H8N4. The van der Waals surface area contributed by atoms with Crippen LogP contribution in [0.2, 0.25) is 0 Å². The minimum atomic E-state index is 0.333. The molecule has 3 rings (SSSR count). The molecule has 2 aromatic heterocycles. The molecule has 84 valence electrons. The van der Waals surface area contributed by atoms with Gasteiger partial charge in [0.05, 0.1) is 5.52 Å². The fourth-order valence-electron chi connectivity index (χ4n) is 1.94. The standard InChI is InChI=1S/C14H8N4/c15-9-13-14(10-5-7-16-8-6-10)11-3-1-2-4-12(11)17-18-13/h1-8H. The van der Waals surface area contributed by atoms with Crippen molar-refractivity contribution in [2.24, 2.45) is 0 Å². The second-order valence-corrected chi connectivity index (χ2v) is 3.79. The van der Waals surface area contributed by atoms with Gasteiger partial charge in [-0.25, -0.2) is 0 Å². The van der Waals surface area contributed by atoms with Crippen LogP contribution in [0.4, 0.5) is 0 Å². The predicted molar refractivity (Wildman–Crippen MR) is 67.5 cm³/mol. The van der Waals surface area contributed by atoms with Gasteiger partial charge < -0.3 is 0 Å². The van der Waals surface area contributed by atoms with Gasteiger partial charge in [0.1, 0.15) is 6.07 Å². The van der Waals surface area contributed by atoms with Crippen molar-refractivity contribution in [2.45, 2.75) is 0 Å². The highest BCUT2D eigenvalue weighted by Gasteiger charge is 2.11. The van der Waals surface area contributed by atoms with Crippen molar-refractivity contribution in [1.82, 2.24) is 15.2 Å². The number of nitrogens with zero attached hydrogens (tertiary/aromatic N) is 4. The Kier molecular flexibility index (Phi) is 2.43. The minimum absolute atomic E-state index is 0.333. The molecule has 0 radical (unpaired) electrons. The molecule has 0 saturated heterocycles. The maximum atomic E-state index is 9.17. The summed E-state index contributed by atoms with van der Waals surface area (Å²) in [4.78, 5) is 3.99. The lowest BCUT2D eigenvalue weighted by Crippen LogP contribution is -1.94. The third-order valence-electron chi connectivity index (χ3n) is 2.74. The lowest BCUT2D eigenvalue weighted by Gasteiger charge is -2.06. The maximum absolute atomic E-state index is 9.17. The summed E-state index contributed by atoms with van der Waals surface area (Å²) >= 11 is 0. The highest BCUT2D eigenvalue weighted by Crippen LogP contribution is 2.28. The Hall–Kier alpha value is -2.80. The Morgan fingerprint density at radius 2 is 1.72 bits per heavy atom. The molecule has 0 unspecified atom stereocenters. The molecular weight excluding hydrogens is 224 g/mol. The van der Waals surface area contributed by atoms with Crippen LogP contribution >= 0.6 is 0 Å².